The van der Waals surface area contributed by atoms with E-state index in [0.29, 0.717) is 11.3 Å². The highest BCUT2D eigenvalue weighted by atomic mass is 15.1. The van der Waals surface area contributed by atoms with Crippen LogP contribution in [0.5, 0.6) is 0 Å². The van der Waals surface area contributed by atoms with Gasteiger partial charge in [-0.1, -0.05) is 19.1 Å². The molecule has 0 saturated carbocycles. The summed E-state index contributed by atoms with van der Waals surface area (Å²) in [6, 6.07) is 7.59. The predicted molar refractivity (Wildman–Crippen MR) is 80.3 cm³/mol. The van der Waals surface area contributed by atoms with Gasteiger partial charge in [0.15, 0.2) is 11.5 Å². The third kappa shape index (κ3) is 2.27. The number of aromatic amines is 1. The molecule has 3 aromatic rings. The second kappa shape index (κ2) is 5.16. The lowest BCUT2D eigenvalue weighted by Crippen LogP contribution is -2.02. The maximum Gasteiger partial charge on any atom is 0.183 e. The van der Waals surface area contributed by atoms with E-state index in [2.05, 4.69) is 32.2 Å². The molecule has 0 radical (unpaired) electrons. The zero-order chi connectivity index (χ0) is 13.9. The monoisotopic (exact) mass is 268 g/mol. The van der Waals surface area contributed by atoms with Crippen LogP contribution in [-0.2, 0) is 0 Å². The van der Waals surface area contributed by atoms with Gasteiger partial charge in [-0.2, -0.15) is 0 Å². The summed E-state index contributed by atoms with van der Waals surface area (Å²) >= 11 is 0. The Balaban J connectivity index is 2.06. The molecule has 0 aliphatic rings. The van der Waals surface area contributed by atoms with Gasteiger partial charge in [-0.25, -0.2) is 15.0 Å². The molecule has 0 unspecified atom stereocenters. The first-order chi connectivity index (χ1) is 9.78. The maximum absolute atomic E-state index is 5.80. The molecule has 0 fully saturated rings. The van der Waals surface area contributed by atoms with E-state index in [4.69, 9.17) is 5.73 Å². The Hall–Kier alpha value is -2.63. The lowest BCUT2D eigenvalue weighted by molar-refractivity contribution is 0.968. The number of nitrogens with one attached hydrogen (secondary N) is 2. The molecule has 3 rings (SSSR count). The first kappa shape index (κ1) is 12.4. The highest BCUT2D eigenvalue weighted by Gasteiger charge is 2.10. The molecule has 2 heterocycles. The molecule has 6 nitrogen and oxygen atoms in total. The van der Waals surface area contributed by atoms with Crippen LogP contribution in [0.3, 0.4) is 0 Å². The number of hydrogen-bond donors (Lipinski definition) is 3. The lowest BCUT2D eigenvalue weighted by Gasteiger charge is -2.02. The second-order valence-corrected chi connectivity index (χ2v) is 4.56. The topological polar surface area (TPSA) is 92.5 Å². The van der Waals surface area contributed by atoms with Crippen molar-refractivity contribution in [3.05, 3.63) is 30.6 Å². The zero-order valence-corrected chi connectivity index (χ0v) is 11.2. The Bertz CT molecular complexity index is 733. The molecule has 102 valence electrons. The van der Waals surface area contributed by atoms with Crippen LogP contribution in [0.4, 0.5) is 11.5 Å². The van der Waals surface area contributed by atoms with E-state index >= 15 is 0 Å². The van der Waals surface area contributed by atoms with Crippen LogP contribution in [0.25, 0.3) is 22.6 Å². The van der Waals surface area contributed by atoms with E-state index in [1.54, 1.807) is 0 Å². The van der Waals surface area contributed by atoms with Crippen LogP contribution in [0.15, 0.2) is 30.6 Å². The molecular formula is C14H16N6. The molecule has 2 aromatic heterocycles. The number of imidazole rings is 1. The Morgan fingerprint density at radius 3 is 3.00 bits per heavy atom. The quantitative estimate of drug-likeness (QED) is 0.632. The van der Waals surface area contributed by atoms with Crippen LogP contribution in [0.1, 0.15) is 13.3 Å². The van der Waals surface area contributed by atoms with Crippen LogP contribution >= 0.6 is 0 Å². The number of rotatable bonds is 4. The number of nitrogens with two attached hydrogens (primary N) is 1. The van der Waals surface area contributed by atoms with Crippen LogP contribution in [0, 0.1) is 0 Å². The molecule has 1 aromatic carbocycles. The maximum atomic E-state index is 5.80. The van der Waals surface area contributed by atoms with Gasteiger partial charge in [-0.05, 0) is 18.6 Å². The molecule has 4 N–H and O–H groups in total. The molecule has 6 heteroatoms. The largest absolute Gasteiger partial charge is 0.399 e. The molecule has 0 aliphatic heterocycles. The molecule has 0 amide bonds. The van der Waals surface area contributed by atoms with Gasteiger partial charge in [0.1, 0.15) is 17.7 Å². The molecule has 20 heavy (non-hydrogen) atoms. The summed E-state index contributed by atoms with van der Waals surface area (Å²) in [5, 5.41) is 3.27. The van der Waals surface area contributed by atoms with Gasteiger partial charge >= 0.3 is 0 Å². The van der Waals surface area contributed by atoms with Crippen molar-refractivity contribution in [1.29, 1.82) is 0 Å². The number of hydrogen-bond acceptors (Lipinski definition) is 5. The van der Waals surface area contributed by atoms with Crippen molar-refractivity contribution in [3.63, 3.8) is 0 Å². The van der Waals surface area contributed by atoms with Crippen molar-refractivity contribution >= 4 is 22.7 Å². The summed E-state index contributed by atoms with van der Waals surface area (Å²) in [5.41, 5.74) is 8.91. The first-order valence-corrected chi connectivity index (χ1v) is 6.58. The Morgan fingerprint density at radius 1 is 1.30 bits per heavy atom. The van der Waals surface area contributed by atoms with Crippen molar-refractivity contribution in [2.45, 2.75) is 13.3 Å². The van der Waals surface area contributed by atoms with Gasteiger partial charge in [0.2, 0.25) is 0 Å². The van der Waals surface area contributed by atoms with Gasteiger partial charge in [-0.15, -0.1) is 0 Å². The number of H-pyrrole nitrogens is 1. The summed E-state index contributed by atoms with van der Waals surface area (Å²) in [7, 11) is 0. The van der Waals surface area contributed by atoms with E-state index in [9.17, 15) is 0 Å². The number of aromatic nitrogens is 4. The van der Waals surface area contributed by atoms with Crippen LogP contribution < -0.4 is 11.1 Å². The smallest absolute Gasteiger partial charge is 0.183 e. The minimum Gasteiger partial charge on any atom is -0.399 e. The Labute approximate surface area is 116 Å². The van der Waals surface area contributed by atoms with Crippen molar-refractivity contribution in [2.24, 2.45) is 0 Å². The van der Waals surface area contributed by atoms with Crippen molar-refractivity contribution in [2.75, 3.05) is 17.6 Å². The molecule has 0 saturated heterocycles. The molecule has 0 atom stereocenters. The van der Waals surface area contributed by atoms with Gasteiger partial charge in [0.25, 0.3) is 0 Å². The number of nitrogens with zero attached hydrogens (tertiary/aromatic N) is 3. The summed E-state index contributed by atoms with van der Waals surface area (Å²) in [5.74, 6) is 1.52. The van der Waals surface area contributed by atoms with E-state index in [1.165, 1.54) is 6.33 Å². The number of benzene rings is 1. The zero-order valence-electron chi connectivity index (χ0n) is 11.2. The van der Waals surface area contributed by atoms with Crippen molar-refractivity contribution in [3.8, 4) is 11.4 Å². The number of nitrogen functional groups attached to an aromatic ring is 1. The lowest BCUT2D eigenvalue weighted by atomic mass is 10.2. The van der Waals surface area contributed by atoms with Gasteiger partial charge in [0, 0.05) is 17.8 Å². The van der Waals surface area contributed by atoms with Gasteiger partial charge in [0.05, 0.1) is 0 Å². The molecule has 0 bridgehead atoms. The van der Waals surface area contributed by atoms with E-state index in [0.717, 1.165) is 35.7 Å². The van der Waals surface area contributed by atoms with Crippen LogP contribution in [0.2, 0.25) is 0 Å². The summed E-state index contributed by atoms with van der Waals surface area (Å²) < 4.78 is 0. The average molecular weight is 268 g/mol. The average Bonchev–Trinajstić information content (AvgIpc) is 2.89. The first-order valence-electron chi connectivity index (χ1n) is 6.58. The summed E-state index contributed by atoms with van der Waals surface area (Å²) in [6.45, 7) is 2.97. The normalized spacial score (nSPS) is 10.8. The van der Waals surface area contributed by atoms with Crippen molar-refractivity contribution in [1.82, 2.24) is 19.9 Å². The van der Waals surface area contributed by atoms with Crippen molar-refractivity contribution < 1.29 is 0 Å². The molecule has 0 spiro atoms. The standard InChI is InChI=1S/C14H16N6/c1-2-6-16-13-11-14(18-8-17-13)20-12(19-11)9-4-3-5-10(15)7-9/h3-5,7-8H,2,6,15H2,1H3,(H2,16,17,18,19,20). The fourth-order valence-electron chi connectivity index (χ4n) is 2.03. The third-order valence-electron chi connectivity index (χ3n) is 2.99. The fraction of sp³-hybridized carbons (Fsp3) is 0.214. The second-order valence-electron chi connectivity index (χ2n) is 4.56. The Morgan fingerprint density at radius 2 is 2.20 bits per heavy atom. The van der Waals surface area contributed by atoms with Crippen LogP contribution in [-0.4, -0.2) is 26.5 Å². The highest BCUT2D eigenvalue weighted by molar-refractivity contribution is 5.85. The van der Waals surface area contributed by atoms with E-state index in [1.807, 2.05) is 24.3 Å². The van der Waals surface area contributed by atoms with Gasteiger partial charge in [-0.3, -0.25) is 0 Å². The summed E-state index contributed by atoms with van der Waals surface area (Å²) in [4.78, 5) is 16.2. The molecular weight excluding hydrogens is 252 g/mol. The van der Waals surface area contributed by atoms with E-state index < -0.39 is 0 Å². The Kier molecular flexibility index (Phi) is 3.20. The highest BCUT2D eigenvalue weighted by Crippen LogP contribution is 2.23. The number of anilines is 2. The minimum absolute atomic E-state index is 0.649. The summed E-state index contributed by atoms with van der Waals surface area (Å²) in [6.07, 6.45) is 2.55. The molecule has 0 aliphatic carbocycles. The SMILES string of the molecule is CCCNc1ncnc2nc(-c3cccc(N)c3)[nH]c12. The number of fused-ring (bicyclic) bond motifs is 1. The predicted octanol–water partition coefficient (Wildman–Crippen LogP) is 2.42. The third-order valence-corrected chi connectivity index (χ3v) is 2.99. The minimum atomic E-state index is 0.649. The van der Waals surface area contributed by atoms with Gasteiger partial charge < -0.3 is 16.0 Å². The fourth-order valence-corrected chi connectivity index (χ4v) is 2.03. The van der Waals surface area contributed by atoms with E-state index in [-0.39, 0.29) is 0 Å².